The van der Waals surface area contributed by atoms with Gasteiger partial charge >= 0.3 is 5.97 Å². The Bertz CT molecular complexity index is 624. The van der Waals surface area contributed by atoms with Crippen LogP contribution in [0.2, 0.25) is 0 Å². The quantitative estimate of drug-likeness (QED) is 0.636. The van der Waals surface area contributed by atoms with Crippen LogP contribution < -0.4 is 0 Å². The molecule has 1 heterocycles. The smallest absolute Gasteiger partial charge is 0.346 e. The Labute approximate surface area is 125 Å². The second-order valence-corrected chi connectivity index (χ2v) is 5.56. The molecule has 4 heteroatoms. The molecule has 1 aliphatic rings. The molecule has 1 aliphatic heterocycles. The predicted octanol–water partition coefficient (Wildman–Crippen LogP) is 3.59. The van der Waals surface area contributed by atoms with Crippen LogP contribution >= 0.6 is 15.9 Å². The third kappa shape index (κ3) is 2.05. The zero-order valence-corrected chi connectivity index (χ0v) is 12.5. The lowest BCUT2D eigenvalue weighted by Crippen LogP contribution is -2.24. The molecule has 0 aliphatic carbocycles. The molecule has 1 saturated heterocycles. The second kappa shape index (κ2) is 5.04. The van der Waals surface area contributed by atoms with Crippen LogP contribution in [0, 0.1) is 0 Å². The van der Waals surface area contributed by atoms with Crippen LogP contribution in [0.4, 0.5) is 0 Å². The Hall–Kier alpha value is -1.65. The van der Waals surface area contributed by atoms with Gasteiger partial charge in [0, 0.05) is 4.47 Å². The van der Waals surface area contributed by atoms with E-state index in [-0.39, 0.29) is 12.1 Å². The first kappa shape index (κ1) is 13.3. The van der Waals surface area contributed by atoms with E-state index in [1.165, 1.54) is 7.11 Å². The van der Waals surface area contributed by atoms with E-state index < -0.39 is 5.60 Å². The minimum atomic E-state index is -1.02. The Balaban J connectivity index is 2.01. The van der Waals surface area contributed by atoms with Crippen LogP contribution in [0.25, 0.3) is 0 Å². The summed E-state index contributed by atoms with van der Waals surface area (Å²) in [5.74, 6) is -0.367. The third-order valence-electron chi connectivity index (χ3n) is 3.48. The molecule has 102 valence electrons. The lowest BCUT2D eigenvalue weighted by Gasteiger charge is -2.11. The molecular formula is C16H13BrO3. The van der Waals surface area contributed by atoms with Crippen molar-refractivity contribution in [3.05, 3.63) is 70.2 Å². The summed E-state index contributed by atoms with van der Waals surface area (Å²) in [5.41, 5.74) is 0.763. The van der Waals surface area contributed by atoms with Gasteiger partial charge < -0.3 is 9.47 Å². The van der Waals surface area contributed by atoms with Gasteiger partial charge in [0.15, 0.2) is 0 Å². The van der Waals surface area contributed by atoms with E-state index in [1.54, 1.807) is 0 Å². The molecule has 2 aromatic rings. The summed E-state index contributed by atoms with van der Waals surface area (Å²) in [7, 11) is 1.38. The summed E-state index contributed by atoms with van der Waals surface area (Å²) in [6.07, 6.45) is -0.294. The van der Waals surface area contributed by atoms with Gasteiger partial charge in [0.2, 0.25) is 5.60 Å². The summed E-state index contributed by atoms with van der Waals surface area (Å²) < 4.78 is 11.7. The maximum Gasteiger partial charge on any atom is 0.346 e. The van der Waals surface area contributed by atoms with Crippen LogP contribution in [-0.4, -0.2) is 13.1 Å². The summed E-state index contributed by atoms with van der Waals surface area (Å²) in [5, 5.41) is 0. The maximum atomic E-state index is 12.2. The van der Waals surface area contributed by atoms with Crippen molar-refractivity contribution in [1.82, 2.24) is 0 Å². The highest BCUT2D eigenvalue weighted by Crippen LogP contribution is 2.57. The minimum absolute atomic E-state index is 0.294. The van der Waals surface area contributed by atoms with Gasteiger partial charge in [-0.2, -0.15) is 0 Å². The van der Waals surface area contributed by atoms with Gasteiger partial charge in [0.05, 0.1) is 7.11 Å². The van der Waals surface area contributed by atoms with Gasteiger partial charge in [-0.15, -0.1) is 0 Å². The number of carbonyl (C=O) groups excluding carboxylic acids is 1. The van der Waals surface area contributed by atoms with Crippen molar-refractivity contribution in [2.45, 2.75) is 11.7 Å². The molecular weight excluding hydrogens is 320 g/mol. The number of benzene rings is 2. The lowest BCUT2D eigenvalue weighted by molar-refractivity contribution is -0.147. The van der Waals surface area contributed by atoms with Crippen molar-refractivity contribution in [2.24, 2.45) is 0 Å². The van der Waals surface area contributed by atoms with Crippen molar-refractivity contribution < 1.29 is 14.3 Å². The molecule has 0 saturated carbocycles. The molecule has 0 unspecified atom stereocenters. The Morgan fingerprint density at radius 2 is 1.80 bits per heavy atom. The van der Waals surface area contributed by atoms with E-state index >= 15 is 0 Å². The average molecular weight is 333 g/mol. The van der Waals surface area contributed by atoms with E-state index in [0.717, 1.165) is 15.6 Å². The molecule has 2 aromatic carbocycles. The minimum Gasteiger partial charge on any atom is -0.467 e. The van der Waals surface area contributed by atoms with Gasteiger partial charge in [0.1, 0.15) is 6.10 Å². The number of hydrogen-bond acceptors (Lipinski definition) is 3. The van der Waals surface area contributed by atoms with Crippen LogP contribution in [0.15, 0.2) is 59.1 Å². The first-order chi connectivity index (χ1) is 9.68. The largest absolute Gasteiger partial charge is 0.467 e. The first-order valence-corrected chi connectivity index (χ1v) is 7.05. The van der Waals surface area contributed by atoms with Crippen molar-refractivity contribution in [1.29, 1.82) is 0 Å². The van der Waals surface area contributed by atoms with Crippen molar-refractivity contribution in [2.75, 3.05) is 7.11 Å². The molecule has 1 fully saturated rings. The predicted molar refractivity (Wildman–Crippen MR) is 78.1 cm³/mol. The highest BCUT2D eigenvalue weighted by atomic mass is 79.9. The number of methoxy groups -OCH3 is 1. The van der Waals surface area contributed by atoms with Crippen molar-refractivity contribution in [3.8, 4) is 0 Å². The average Bonchev–Trinajstić information content (AvgIpc) is 3.25. The normalized spacial score (nSPS) is 24.2. The van der Waals surface area contributed by atoms with E-state index in [0.29, 0.717) is 0 Å². The molecule has 3 rings (SSSR count). The molecule has 0 N–H and O–H groups in total. The molecule has 0 spiro atoms. The van der Waals surface area contributed by atoms with Crippen molar-refractivity contribution >= 4 is 21.9 Å². The van der Waals surface area contributed by atoms with Gasteiger partial charge in [-0.3, -0.25) is 0 Å². The molecule has 3 nitrogen and oxygen atoms in total. The number of halogens is 1. The fourth-order valence-electron chi connectivity index (χ4n) is 2.42. The van der Waals surface area contributed by atoms with Crippen LogP contribution in [0.1, 0.15) is 17.2 Å². The van der Waals surface area contributed by atoms with Crippen LogP contribution in [0.3, 0.4) is 0 Å². The summed E-state index contributed by atoms with van der Waals surface area (Å²) in [4.78, 5) is 12.2. The standard InChI is InChI=1S/C16H13BrO3/c1-19-15(18)16(12-7-9-13(17)10-8-12)14(20-16)11-5-3-2-4-6-11/h2-10,14H,1H3/t14-,16-/m1/s1. The van der Waals surface area contributed by atoms with E-state index in [1.807, 2.05) is 54.6 Å². The highest BCUT2D eigenvalue weighted by molar-refractivity contribution is 9.10. The molecule has 0 bridgehead atoms. The van der Waals surface area contributed by atoms with Crippen LogP contribution in [-0.2, 0) is 19.9 Å². The highest BCUT2D eigenvalue weighted by Gasteiger charge is 2.65. The Kier molecular flexibility index (Phi) is 3.36. The van der Waals surface area contributed by atoms with Crippen LogP contribution in [0.5, 0.6) is 0 Å². The third-order valence-corrected chi connectivity index (χ3v) is 4.01. The number of rotatable bonds is 3. The monoisotopic (exact) mass is 332 g/mol. The molecule has 0 aromatic heterocycles. The van der Waals surface area contributed by atoms with E-state index in [4.69, 9.17) is 9.47 Å². The molecule has 20 heavy (non-hydrogen) atoms. The topological polar surface area (TPSA) is 38.8 Å². The summed E-state index contributed by atoms with van der Waals surface area (Å²) in [6, 6.07) is 17.2. The SMILES string of the molecule is COC(=O)[C@]1(c2ccc(Br)cc2)O[C@@H]1c1ccccc1. The zero-order valence-electron chi connectivity index (χ0n) is 10.9. The van der Waals surface area contributed by atoms with E-state index in [9.17, 15) is 4.79 Å². The van der Waals surface area contributed by atoms with Gasteiger partial charge in [-0.05, 0) is 23.3 Å². The first-order valence-electron chi connectivity index (χ1n) is 6.25. The number of ether oxygens (including phenoxy) is 2. The number of epoxide rings is 1. The fourth-order valence-corrected chi connectivity index (χ4v) is 2.69. The Morgan fingerprint density at radius 1 is 1.15 bits per heavy atom. The second-order valence-electron chi connectivity index (χ2n) is 4.64. The summed E-state index contributed by atoms with van der Waals surface area (Å²) >= 11 is 3.39. The zero-order chi connectivity index (χ0) is 14.2. The molecule has 0 radical (unpaired) electrons. The molecule has 2 atom stereocenters. The molecule has 0 amide bonds. The number of esters is 1. The van der Waals surface area contributed by atoms with Gasteiger partial charge in [-0.25, -0.2) is 4.79 Å². The van der Waals surface area contributed by atoms with Gasteiger partial charge in [0.25, 0.3) is 0 Å². The van der Waals surface area contributed by atoms with E-state index in [2.05, 4.69) is 15.9 Å². The maximum absolute atomic E-state index is 12.2. The number of carbonyl (C=O) groups is 1. The van der Waals surface area contributed by atoms with Crippen molar-refractivity contribution in [3.63, 3.8) is 0 Å². The summed E-state index contributed by atoms with van der Waals surface area (Å²) in [6.45, 7) is 0. The fraction of sp³-hybridized carbons (Fsp3) is 0.188. The Morgan fingerprint density at radius 3 is 2.40 bits per heavy atom. The lowest BCUT2D eigenvalue weighted by atomic mass is 9.92. The van der Waals surface area contributed by atoms with Gasteiger partial charge in [-0.1, -0.05) is 58.4 Å². The number of hydrogen-bond donors (Lipinski definition) is 0.